The Morgan fingerprint density at radius 3 is 2.62 bits per heavy atom. The van der Waals surface area contributed by atoms with Crippen molar-refractivity contribution >= 4 is 51.9 Å². The lowest BCUT2D eigenvalue weighted by atomic mass is 10.1. The highest BCUT2D eigenvalue weighted by molar-refractivity contribution is 14.1. The molecule has 0 bridgehead atoms. The van der Waals surface area contributed by atoms with E-state index >= 15 is 0 Å². The van der Waals surface area contributed by atoms with E-state index < -0.39 is 11.7 Å². The number of amides is 1. The lowest BCUT2D eigenvalue weighted by Gasteiger charge is -2.14. The summed E-state index contributed by atoms with van der Waals surface area (Å²) in [6.45, 7) is 0.297. The van der Waals surface area contributed by atoms with Gasteiger partial charge in [0.25, 0.3) is 5.91 Å². The summed E-state index contributed by atoms with van der Waals surface area (Å²) in [6, 6.07) is 18.0. The van der Waals surface area contributed by atoms with Gasteiger partial charge in [0, 0.05) is 10.7 Å². The number of hydrogen-bond acceptors (Lipinski definition) is 4. The Balaban J connectivity index is 1.81. The molecule has 1 amide bonds. The molecule has 0 aliphatic rings. The molecule has 0 saturated heterocycles. The van der Waals surface area contributed by atoms with Gasteiger partial charge in [-0.05, 0) is 88.3 Å². The number of halogens is 3. The van der Waals surface area contributed by atoms with Crippen molar-refractivity contribution in [1.29, 1.82) is 5.26 Å². The van der Waals surface area contributed by atoms with Crippen molar-refractivity contribution in [3.05, 3.63) is 91.8 Å². The molecule has 0 spiro atoms. The van der Waals surface area contributed by atoms with E-state index in [9.17, 15) is 14.4 Å². The average Bonchev–Trinajstić information content (AvgIpc) is 2.77. The van der Waals surface area contributed by atoms with Crippen LogP contribution in [0.1, 0.15) is 11.1 Å². The van der Waals surface area contributed by atoms with Crippen LogP contribution in [-0.2, 0) is 11.4 Å². The third-order valence-corrected chi connectivity index (χ3v) is 5.34. The van der Waals surface area contributed by atoms with E-state index in [-0.39, 0.29) is 5.57 Å². The van der Waals surface area contributed by atoms with Gasteiger partial charge in [0.2, 0.25) is 0 Å². The number of benzene rings is 3. The van der Waals surface area contributed by atoms with Crippen LogP contribution in [0.15, 0.2) is 66.2 Å². The van der Waals surface area contributed by atoms with Crippen LogP contribution in [0.25, 0.3) is 6.08 Å². The van der Waals surface area contributed by atoms with Crippen molar-refractivity contribution in [3.63, 3.8) is 0 Å². The van der Waals surface area contributed by atoms with E-state index in [0.29, 0.717) is 34.4 Å². The molecular weight excluding hydrogens is 546 g/mol. The zero-order chi connectivity index (χ0) is 23.1. The van der Waals surface area contributed by atoms with Crippen molar-refractivity contribution in [1.82, 2.24) is 0 Å². The number of nitrogens with one attached hydrogen (secondary N) is 1. The van der Waals surface area contributed by atoms with E-state index in [1.54, 1.807) is 18.2 Å². The first kappa shape index (κ1) is 23.6. The molecule has 0 saturated carbocycles. The van der Waals surface area contributed by atoms with E-state index in [2.05, 4.69) is 27.9 Å². The summed E-state index contributed by atoms with van der Waals surface area (Å²) >= 11 is 8.12. The quantitative estimate of drug-likeness (QED) is 0.211. The molecule has 0 unspecified atom stereocenters. The molecule has 162 valence electrons. The standard InChI is InChI=1S/C24H17ClFIN2O3/c1-31-22-12-16(9-17(13-28)24(30)29-20-7-5-19(26)6-8-20)11-21(27)23(22)32-14-15-3-2-4-18(25)10-15/h2-12H,14H2,1H3,(H,29,30)/b17-9+. The van der Waals surface area contributed by atoms with Crippen molar-refractivity contribution in [3.8, 4) is 17.6 Å². The predicted octanol–water partition coefficient (Wildman–Crippen LogP) is 6.22. The van der Waals surface area contributed by atoms with Crippen LogP contribution >= 0.6 is 34.2 Å². The molecule has 3 rings (SSSR count). The first-order valence-corrected chi connectivity index (χ1v) is 10.8. The molecule has 3 aromatic carbocycles. The first-order chi connectivity index (χ1) is 15.4. The predicted molar refractivity (Wildman–Crippen MR) is 130 cm³/mol. The highest BCUT2D eigenvalue weighted by Crippen LogP contribution is 2.35. The fourth-order valence-corrected chi connectivity index (χ4v) is 3.79. The summed E-state index contributed by atoms with van der Waals surface area (Å²) in [5.74, 6) is -0.0198. The van der Waals surface area contributed by atoms with Crippen molar-refractivity contribution in [2.45, 2.75) is 6.61 Å². The van der Waals surface area contributed by atoms with Gasteiger partial charge >= 0.3 is 0 Å². The number of rotatable bonds is 7. The normalized spacial score (nSPS) is 10.9. The number of carbonyl (C=O) groups excluding carboxylic acids is 1. The molecular formula is C24H17ClFIN2O3. The second-order valence-electron chi connectivity index (χ2n) is 6.58. The summed E-state index contributed by atoms with van der Waals surface area (Å²) in [5, 5.41) is 12.6. The molecule has 0 aliphatic carbocycles. The maximum absolute atomic E-state index is 13.0. The molecule has 0 aliphatic heterocycles. The molecule has 1 N–H and O–H groups in total. The topological polar surface area (TPSA) is 71.3 Å². The average molecular weight is 563 g/mol. The van der Waals surface area contributed by atoms with Crippen LogP contribution < -0.4 is 14.8 Å². The molecule has 0 fully saturated rings. The lowest BCUT2D eigenvalue weighted by Crippen LogP contribution is -2.13. The van der Waals surface area contributed by atoms with Crippen molar-refractivity contribution < 1.29 is 18.7 Å². The summed E-state index contributed by atoms with van der Waals surface area (Å²) in [4.78, 5) is 12.5. The van der Waals surface area contributed by atoms with Crippen molar-refractivity contribution in [2.75, 3.05) is 12.4 Å². The van der Waals surface area contributed by atoms with E-state index in [1.165, 1.54) is 37.5 Å². The number of anilines is 1. The minimum absolute atomic E-state index is 0.111. The van der Waals surface area contributed by atoms with Gasteiger partial charge in [0.15, 0.2) is 11.5 Å². The Morgan fingerprint density at radius 1 is 1.22 bits per heavy atom. The molecule has 0 aromatic heterocycles. The van der Waals surface area contributed by atoms with Gasteiger partial charge in [0.1, 0.15) is 24.1 Å². The third-order valence-electron chi connectivity index (χ3n) is 4.30. The number of nitrogens with zero attached hydrogens (tertiary/aromatic N) is 1. The van der Waals surface area contributed by atoms with Gasteiger partial charge < -0.3 is 14.8 Å². The van der Waals surface area contributed by atoms with Crippen LogP contribution in [0.2, 0.25) is 5.02 Å². The smallest absolute Gasteiger partial charge is 0.266 e. The Morgan fingerprint density at radius 2 is 1.97 bits per heavy atom. The highest BCUT2D eigenvalue weighted by Gasteiger charge is 2.14. The summed E-state index contributed by atoms with van der Waals surface area (Å²) in [7, 11) is 1.51. The van der Waals surface area contributed by atoms with Gasteiger partial charge in [-0.1, -0.05) is 23.7 Å². The van der Waals surface area contributed by atoms with Crippen LogP contribution in [0.5, 0.6) is 11.5 Å². The SMILES string of the molecule is COc1cc(/C=C(\C#N)C(=O)Nc2ccc(F)cc2)cc(I)c1OCc1cccc(Cl)c1. The summed E-state index contributed by atoms with van der Waals surface area (Å²) in [5.41, 5.74) is 1.77. The summed E-state index contributed by atoms with van der Waals surface area (Å²) in [6.07, 6.45) is 1.45. The fourth-order valence-electron chi connectivity index (χ4n) is 2.79. The van der Waals surface area contributed by atoms with Gasteiger partial charge in [-0.15, -0.1) is 0 Å². The Labute approximate surface area is 203 Å². The van der Waals surface area contributed by atoms with E-state index in [1.807, 2.05) is 24.3 Å². The number of nitriles is 1. The molecule has 5 nitrogen and oxygen atoms in total. The summed E-state index contributed by atoms with van der Waals surface area (Å²) < 4.78 is 25.2. The zero-order valence-electron chi connectivity index (χ0n) is 16.9. The highest BCUT2D eigenvalue weighted by atomic mass is 127. The number of methoxy groups -OCH3 is 1. The van der Waals surface area contributed by atoms with E-state index in [0.717, 1.165) is 9.13 Å². The molecule has 32 heavy (non-hydrogen) atoms. The van der Waals surface area contributed by atoms with Crippen LogP contribution in [0, 0.1) is 20.7 Å². The van der Waals surface area contributed by atoms with Crippen LogP contribution in [-0.4, -0.2) is 13.0 Å². The van der Waals surface area contributed by atoms with Gasteiger partial charge in [0.05, 0.1) is 10.7 Å². The maximum atomic E-state index is 13.0. The molecule has 0 radical (unpaired) electrons. The van der Waals surface area contributed by atoms with Gasteiger partial charge in [-0.3, -0.25) is 4.79 Å². The Kier molecular flexibility index (Phi) is 8.09. The maximum Gasteiger partial charge on any atom is 0.266 e. The minimum atomic E-state index is -0.602. The second kappa shape index (κ2) is 11.0. The molecule has 3 aromatic rings. The minimum Gasteiger partial charge on any atom is -0.493 e. The monoisotopic (exact) mass is 562 g/mol. The molecule has 0 heterocycles. The van der Waals surface area contributed by atoms with Gasteiger partial charge in [-0.2, -0.15) is 5.26 Å². The number of hydrogen-bond donors (Lipinski definition) is 1. The zero-order valence-corrected chi connectivity index (χ0v) is 19.8. The Bertz CT molecular complexity index is 1210. The lowest BCUT2D eigenvalue weighted by molar-refractivity contribution is -0.112. The largest absolute Gasteiger partial charge is 0.493 e. The van der Waals surface area contributed by atoms with Crippen LogP contribution in [0.3, 0.4) is 0 Å². The Hall–Kier alpha value is -3.09. The third kappa shape index (κ3) is 6.22. The number of ether oxygens (including phenoxy) is 2. The molecule has 0 atom stereocenters. The van der Waals surface area contributed by atoms with Gasteiger partial charge in [-0.25, -0.2) is 4.39 Å². The first-order valence-electron chi connectivity index (χ1n) is 9.33. The number of carbonyl (C=O) groups is 1. The fraction of sp³-hybridized carbons (Fsp3) is 0.0833. The van der Waals surface area contributed by atoms with Crippen molar-refractivity contribution in [2.24, 2.45) is 0 Å². The molecule has 8 heteroatoms. The van der Waals surface area contributed by atoms with Crippen LogP contribution in [0.4, 0.5) is 10.1 Å². The van der Waals surface area contributed by atoms with E-state index in [4.69, 9.17) is 21.1 Å². The second-order valence-corrected chi connectivity index (χ2v) is 8.18.